The van der Waals surface area contributed by atoms with E-state index in [0.29, 0.717) is 23.4 Å². The Balaban J connectivity index is 2.09. The van der Waals surface area contributed by atoms with Crippen molar-refractivity contribution >= 4 is 23.3 Å². The summed E-state index contributed by atoms with van der Waals surface area (Å²) in [7, 11) is 1.63. The molecule has 1 spiro atoms. The lowest BCUT2D eigenvalue weighted by atomic mass is 9.64. The van der Waals surface area contributed by atoms with Crippen LogP contribution in [0.3, 0.4) is 0 Å². The summed E-state index contributed by atoms with van der Waals surface area (Å²) in [5.74, 6) is -1.12. The van der Waals surface area contributed by atoms with Gasteiger partial charge in [-0.2, -0.15) is 0 Å². The monoisotopic (exact) mass is 382 g/mol. The number of esters is 1. The number of carbonyl (C=O) groups is 3. The molecule has 0 radical (unpaired) electrons. The molecule has 146 valence electrons. The van der Waals surface area contributed by atoms with Crippen molar-refractivity contribution in [2.24, 2.45) is 11.7 Å². The number of nitrogens with two attached hydrogens (primary N) is 1. The highest BCUT2D eigenvalue weighted by Gasteiger charge is 2.63. The van der Waals surface area contributed by atoms with Crippen LogP contribution in [0.2, 0.25) is 0 Å². The Morgan fingerprint density at radius 2 is 2.04 bits per heavy atom. The molecule has 4 rings (SSSR count). The smallest absolute Gasteiger partial charge is 0.341 e. The summed E-state index contributed by atoms with van der Waals surface area (Å²) in [6.07, 6.45) is 0.748. The topological polar surface area (TPSA) is 98.9 Å². The molecule has 0 saturated carbocycles. The molecule has 0 bridgehead atoms. The lowest BCUT2D eigenvalue weighted by Gasteiger charge is -2.39. The van der Waals surface area contributed by atoms with Crippen LogP contribution in [0.25, 0.3) is 0 Å². The molecule has 2 N–H and O–H groups in total. The van der Waals surface area contributed by atoms with E-state index in [9.17, 15) is 14.4 Å². The van der Waals surface area contributed by atoms with E-state index >= 15 is 0 Å². The molecule has 0 saturated heterocycles. The molecule has 0 fully saturated rings. The van der Waals surface area contributed by atoms with Gasteiger partial charge >= 0.3 is 5.97 Å². The number of hydrogen-bond donors (Lipinski definition) is 1. The maximum absolute atomic E-state index is 13.7. The Morgan fingerprint density at radius 3 is 2.75 bits per heavy atom. The van der Waals surface area contributed by atoms with E-state index in [1.165, 1.54) is 4.90 Å². The summed E-state index contributed by atoms with van der Waals surface area (Å²) in [6, 6.07) is 7.12. The molecule has 1 aromatic rings. The Hall–Kier alpha value is -3.09. The number of amides is 1. The fourth-order valence-electron chi connectivity index (χ4n) is 4.57. The van der Waals surface area contributed by atoms with Gasteiger partial charge in [-0.3, -0.25) is 9.59 Å². The highest BCUT2D eigenvalue weighted by Crippen LogP contribution is 2.56. The number of Topliss-reactive ketones (excluding diaryl/α,β-unsaturated/α-hetero) is 1. The lowest BCUT2D eigenvalue weighted by Crippen LogP contribution is -2.51. The summed E-state index contributed by atoms with van der Waals surface area (Å²) in [5.41, 5.74) is 5.81. The number of para-hydroxylation sites is 1. The average Bonchev–Trinajstić information content (AvgIpc) is 2.84. The Morgan fingerprint density at radius 1 is 1.32 bits per heavy atom. The van der Waals surface area contributed by atoms with Gasteiger partial charge in [0.05, 0.1) is 12.2 Å². The zero-order valence-corrected chi connectivity index (χ0v) is 16.1. The molecule has 7 nitrogen and oxygen atoms in total. The summed E-state index contributed by atoms with van der Waals surface area (Å²) < 4.78 is 11.0. The number of allylic oxidation sites excluding steroid dienone is 1. The van der Waals surface area contributed by atoms with Crippen LogP contribution in [0.4, 0.5) is 5.69 Å². The third kappa shape index (κ3) is 2.19. The van der Waals surface area contributed by atoms with E-state index in [1.54, 1.807) is 38.2 Å². The van der Waals surface area contributed by atoms with Gasteiger partial charge in [-0.1, -0.05) is 25.1 Å². The molecule has 1 aromatic carbocycles. The van der Waals surface area contributed by atoms with Crippen molar-refractivity contribution < 1.29 is 23.9 Å². The lowest BCUT2D eigenvalue weighted by molar-refractivity contribution is -0.141. The number of hydrogen-bond acceptors (Lipinski definition) is 6. The van der Waals surface area contributed by atoms with Crippen molar-refractivity contribution in [1.82, 2.24) is 0 Å². The van der Waals surface area contributed by atoms with Crippen LogP contribution in [0, 0.1) is 5.92 Å². The predicted octanol–water partition coefficient (Wildman–Crippen LogP) is 1.92. The molecule has 7 heteroatoms. The first-order valence-electron chi connectivity index (χ1n) is 9.33. The zero-order chi connectivity index (χ0) is 20.2. The van der Waals surface area contributed by atoms with Crippen molar-refractivity contribution in [1.29, 1.82) is 0 Å². The number of likely N-dealkylation sites (N-methyl/N-ethyl adjacent to an activating group) is 1. The second-order valence-corrected chi connectivity index (χ2v) is 7.43. The third-order valence-corrected chi connectivity index (χ3v) is 5.63. The number of fused-ring (bicyclic) bond motifs is 3. The Kier molecular flexibility index (Phi) is 4.06. The molecule has 28 heavy (non-hydrogen) atoms. The standard InChI is InChI=1S/C21H22N2O5/c1-4-27-19(25)17-18(22)28-15-10-11(2)9-14(24)16(15)21(17)12-7-5-6-8-13(12)23(3)20(21)26/h5-8,11H,4,9-10,22H2,1-3H3/t11-,21-/m1/s1. The SMILES string of the molecule is CCOC(=O)C1=C(N)OC2=C(C(=O)C[C@@H](C)C2)[C@@]12C(=O)N(C)c1ccccc12. The first-order valence-corrected chi connectivity index (χ1v) is 9.33. The number of benzene rings is 1. The molecule has 2 aliphatic heterocycles. The van der Waals surface area contributed by atoms with Crippen molar-refractivity contribution in [3.8, 4) is 0 Å². The number of anilines is 1. The quantitative estimate of drug-likeness (QED) is 0.785. The van der Waals surface area contributed by atoms with E-state index in [4.69, 9.17) is 15.2 Å². The minimum absolute atomic E-state index is 0.0599. The van der Waals surface area contributed by atoms with Crippen LogP contribution in [-0.4, -0.2) is 31.3 Å². The molecule has 2 atom stereocenters. The van der Waals surface area contributed by atoms with E-state index < -0.39 is 17.3 Å². The average molecular weight is 382 g/mol. The highest BCUT2D eigenvalue weighted by molar-refractivity contribution is 6.23. The fraction of sp³-hybridized carbons (Fsp3) is 0.381. The molecule has 1 amide bonds. The number of rotatable bonds is 2. The van der Waals surface area contributed by atoms with E-state index in [1.807, 2.05) is 6.92 Å². The molecule has 0 aromatic heterocycles. The van der Waals surface area contributed by atoms with Crippen molar-refractivity contribution in [3.05, 3.63) is 52.6 Å². The van der Waals surface area contributed by atoms with Gasteiger partial charge in [0.1, 0.15) is 16.7 Å². The van der Waals surface area contributed by atoms with E-state index in [0.717, 1.165) is 0 Å². The largest absolute Gasteiger partial charge is 0.462 e. The van der Waals surface area contributed by atoms with Gasteiger partial charge in [-0.05, 0) is 18.9 Å². The molecule has 0 unspecified atom stereocenters. The Bertz CT molecular complexity index is 977. The number of nitrogens with zero attached hydrogens (tertiary/aromatic N) is 1. The summed E-state index contributed by atoms with van der Waals surface area (Å²) in [5, 5.41) is 0. The van der Waals surface area contributed by atoms with Gasteiger partial charge < -0.3 is 20.1 Å². The first-order chi connectivity index (χ1) is 13.3. The summed E-state index contributed by atoms with van der Waals surface area (Å²) >= 11 is 0. The minimum Gasteiger partial charge on any atom is -0.462 e. The van der Waals surface area contributed by atoms with Crippen molar-refractivity contribution in [2.75, 3.05) is 18.6 Å². The zero-order valence-electron chi connectivity index (χ0n) is 16.1. The van der Waals surface area contributed by atoms with Crippen molar-refractivity contribution in [2.45, 2.75) is 32.1 Å². The number of ketones is 1. The molecular formula is C21H22N2O5. The van der Waals surface area contributed by atoms with Crippen molar-refractivity contribution in [3.63, 3.8) is 0 Å². The highest BCUT2D eigenvalue weighted by atomic mass is 16.5. The first kappa shape index (κ1) is 18.3. The Labute approximate surface area is 162 Å². The minimum atomic E-state index is -1.63. The second kappa shape index (κ2) is 6.22. The maximum Gasteiger partial charge on any atom is 0.341 e. The molecular weight excluding hydrogens is 360 g/mol. The number of carbonyl (C=O) groups excluding carboxylic acids is 3. The van der Waals surface area contributed by atoms with Crippen LogP contribution in [0.15, 0.2) is 47.1 Å². The number of ether oxygens (including phenoxy) is 2. The van der Waals surface area contributed by atoms with Gasteiger partial charge in [0, 0.05) is 31.1 Å². The predicted molar refractivity (Wildman–Crippen MR) is 101 cm³/mol. The van der Waals surface area contributed by atoms with E-state index in [-0.39, 0.29) is 41.8 Å². The van der Waals surface area contributed by atoms with Crippen LogP contribution < -0.4 is 10.6 Å². The van der Waals surface area contributed by atoms with Crippen LogP contribution in [0.1, 0.15) is 32.3 Å². The molecule has 3 aliphatic rings. The van der Waals surface area contributed by atoms with Gasteiger partial charge in [0.25, 0.3) is 0 Å². The molecule has 1 aliphatic carbocycles. The summed E-state index contributed by atoms with van der Waals surface area (Å²) in [6.45, 7) is 3.71. The van der Waals surface area contributed by atoms with Gasteiger partial charge in [0.15, 0.2) is 5.78 Å². The van der Waals surface area contributed by atoms with Crippen LogP contribution >= 0.6 is 0 Å². The fourth-order valence-corrected chi connectivity index (χ4v) is 4.57. The molecule has 2 heterocycles. The third-order valence-electron chi connectivity index (χ3n) is 5.63. The second-order valence-electron chi connectivity index (χ2n) is 7.43. The van der Waals surface area contributed by atoms with Crippen LogP contribution in [0.5, 0.6) is 0 Å². The van der Waals surface area contributed by atoms with E-state index in [2.05, 4.69) is 0 Å². The van der Waals surface area contributed by atoms with Gasteiger partial charge in [-0.15, -0.1) is 0 Å². The van der Waals surface area contributed by atoms with Crippen LogP contribution in [-0.2, 0) is 29.3 Å². The summed E-state index contributed by atoms with van der Waals surface area (Å²) in [4.78, 5) is 41.2. The maximum atomic E-state index is 13.7. The van der Waals surface area contributed by atoms with Gasteiger partial charge in [-0.25, -0.2) is 4.79 Å². The normalized spacial score (nSPS) is 26.4. The van der Waals surface area contributed by atoms with Gasteiger partial charge in [0.2, 0.25) is 11.8 Å².